The van der Waals surface area contributed by atoms with Gasteiger partial charge in [0.05, 0.1) is 35.0 Å². The zero-order valence-corrected chi connectivity index (χ0v) is 28.2. The second-order valence-electron chi connectivity index (χ2n) is 14.3. The number of nitrogens with zero attached hydrogens (tertiary/aromatic N) is 4. The minimum Gasteiger partial charge on any atom is -0.488 e. The lowest BCUT2D eigenvalue weighted by Crippen LogP contribution is -2.50. The Labute approximate surface area is 280 Å². The Morgan fingerprint density at radius 2 is 1.79 bits per heavy atom. The summed E-state index contributed by atoms with van der Waals surface area (Å²) in [5.74, 6) is 2.61. The lowest BCUT2D eigenvalue weighted by Gasteiger charge is -2.32. The summed E-state index contributed by atoms with van der Waals surface area (Å²) in [5.41, 5.74) is 7.33. The number of likely N-dealkylation sites (tertiary alicyclic amines) is 2. The third-order valence-electron chi connectivity index (χ3n) is 11.1. The predicted octanol–water partition coefficient (Wildman–Crippen LogP) is 6.64. The van der Waals surface area contributed by atoms with E-state index in [2.05, 4.69) is 83.5 Å². The number of imidazole rings is 2. The molecule has 2 amide bonds. The summed E-state index contributed by atoms with van der Waals surface area (Å²) in [4.78, 5) is 46.1. The first-order chi connectivity index (χ1) is 23.2. The summed E-state index contributed by atoms with van der Waals surface area (Å²) < 4.78 is 6.39. The minimum absolute atomic E-state index is 0.0173. The lowest BCUT2D eigenvalue weighted by molar-refractivity contribution is -0.138. The highest BCUT2D eigenvalue weighted by Crippen LogP contribution is 2.43. The Morgan fingerprint density at radius 1 is 0.979 bits per heavy atom. The topological polar surface area (TPSA) is 119 Å². The smallest absolute Gasteiger partial charge is 0.246 e. The van der Waals surface area contributed by atoms with Crippen LogP contribution >= 0.6 is 0 Å². The third-order valence-corrected chi connectivity index (χ3v) is 11.1. The van der Waals surface area contributed by atoms with Gasteiger partial charge < -0.3 is 24.9 Å². The standard InChI is InChI=1S/C38H43N7O3/c1-20(2)34(40-19-46)38(47)45-22(4)7-13-32(45)36-39-17-30(42-36)24-8-10-26-25(14-24)18-48-33-16-27-23(15-28(26)33)9-11-29-35(27)43-37(41-29)31-12-6-21(3)44(31)5/h8-11,14-17,19-22,31-32,34H,6-7,12-13,18H2,1-5H3,(H,39,42)(H,40,46)(H,41,43)/t21-,22-,31?,32?,34?/m0/s1. The fourth-order valence-electron chi connectivity index (χ4n) is 8.14. The highest BCUT2D eigenvalue weighted by molar-refractivity contribution is 6.07. The van der Waals surface area contributed by atoms with Crippen LogP contribution in [0.4, 0.5) is 0 Å². The maximum atomic E-state index is 13.6. The molecular weight excluding hydrogens is 602 g/mol. The quantitative estimate of drug-likeness (QED) is 0.171. The van der Waals surface area contributed by atoms with Crippen LogP contribution in [-0.4, -0.2) is 67.2 Å². The van der Waals surface area contributed by atoms with Crippen molar-refractivity contribution in [1.29, 1.82) is 0 Å². The molecule has 248 valence electrons. The van der Waals surface area contributed by atoms with Crippen LogP contribution in [0.15, 0.2) is 48.7 Å². The molecule has 3 unspecified atom stereocenters. The number of aromatic amines is 2. The van der Waals surface area contributed by atoms with Crippen LogP contribution in [0.25, 0.3) is 44.2 Å². The van der Waals surface area contributed by atoms with E-state index in [1.54, 1.807) is 0 Å². The van der Waals surface area contributed by atoms with Crippen molar-refractivity contribution in [3.05, 3.63) is 65.9 Å². The molecule has 2 aromatic heterocycles. The van der Waals surface area contributed by atoms with Gasteiger partial charge in [-0.1, -0.05) is 32.0 Å². The molecule has 5 atom stereocenters. The fraction of sp³-hybridized carbons (Fsp3) is 0.421. The minimum atomic E-state index is -0.563. The number of hydrogen-bond donors (Lipinski definition) is 3. The second-order valence-corrected chi connectivity index (χ2v) is 14.3. The van der Waals surface area contributed by atoms with Crippen molar-refractivity contribution in [2.24, 2.45) is 5.92 Å². The van der Waals surface area contributed by atoms with E-state index < -0.39 is 6.04 Å². The van der Waals surface area contributed by atoms with E-state index in [1.165, 1.54) is 6.42 Å². The summed E-state index contributed by atoms with van der Waals surface area (Å²) in [6.07, 6.45) is 6.47. The van der Waals surface area contributed by atoms with E-state index >= 15 is 0 Å². The Kier molecular flexibility index (Phi) is 7.51. The summed E-state index contributed by atoms with van der Waals surface area (Å²) in [6, 6.07) is 15.4. The molecule has 0 bridgehead atoms. The number of nitrogens with one attached hydrogen (secondary N) is 3. The molecular formula is C38H43N7O3. The molecule has 2 fully saturated rings. The number of H-pyrrole nitrogens is 2. The van der Waals surface area contributed by atoms with Gasteiger partial charge in [-0.15, -0.1) is 0 Å². The van der Waals surface area contributed by atoms with Gasteiger partial charge in [-0.05, 0) is 98.8 Å². The number of carbonyl (C=O) groups excluding carboxylic acids is 2. The van der Waals surface area contributed by atoms with Crippen molar-refractivity contribution in [1.82, 2.24) is 35.1 Å². The Bertz CT molecular complexity index is 2050. The van der Waals surface area contributed by atoms with Gasteiger partial charge in [-0.25, -0.2) is 9.97 Å². The van der Waals surface area contributed by atoms with E-state index in [4.69, 9.17) is 14.7 Å². The SMILES string of the molecule is CC(C)C(NC=O)C(=O)N1C(c2ncc(-c3ccc4c(c3)COc3cc5c(ccc6nc(C7CC[C@H](C)N7C)[nH]c65)cc3-4)[nH]2)CC[C@@H]1C. The van der Waals surface area contributed by atoms with Crippen LogP contribution in [0.1, 0.15) is 82.7 Å². The first-order valence-electron chi connectivity index (χ1n) is 17.2. The highest BCUT2D eigenvalue weighted by Gasteiger charge is 2.40. The molecule has 3 aliphatic heterocycles. The number of fused-ring (bicyclic) bond motifs is 6. The van der Waals surface area contributed by atoms with Crippen LogP contribution < -0.4 is 10.1 Å². The Morgan fingerprint density at radius 3 is 2.56 bits per heavy atom. The largest absolute Gasteiger partial charge is 0.488 e. The van der Waals surface area contributed by atoms with Crippen molar-refractivity contribution in [2.45, 2.75) is 90.2 Å². The van der Waals surface area contributed by atoms with Gasteiger partial charge in [-0.2, -0.15) is 0 Å². The summed E-state index contributed by atoms with van der Waals surface area (Å²) in [5, 5.41) is 5.00. The van der Waals surface area contributed by atoms with Crippen molar-refractivity contribution in [2.75, 3.05) is 7.05 Å². The second kappa shape index (κ2) is 11.8. The Balaban J connectivity index is 1.08. The zero-order chi connectivity index (χ0) is 33.3. The number of hydrogen-bond acceptors (Lipinski definition) is 6. The third kappa shape index (κ3) is 4.96. The monoisotopic (exact) mass is 645 g/mol. The normalized spacial score (nSPS) is 23.0. The van der Waals surface area contributed by atoms with Crippen LogP contribution in [0.5, 0.6) is 5.75 Å². The average molecular weight is 646 g/mol. The molecule has 10 heteroatoms. The summed E-state index contributed by atoms with van der Waals surface area (Å²) in [7, 11) is 2.19. The molecule has 0 radical (unpaired) electrons. The molecule has 3 aliphatic rings. The maximum absolute atomic E-state index is 13.6. The van der Waals surface area contributed by atoms with Crippen molar-refractivity contribution in [3.63, 3.8) is 0 Å². The van der Waals surface area contributed by atoms with Gasteiger partial charge in [-0.3, -0.25) is 14.5 Å². The number of benzene rings is 3. The fourth-order valence-corrected chi connectivity index (χ4v) is 8.14. The first kappa shape index (κ1) is 30.6. The van der Waals surface area contributed by atoms with E-state index in [1.807, 2.05) is 24.9 Å². The molecule has 3 aromatic carbocycles. The molecule has 0 spiro atoms. The van der Waals surface area contributed by atoms with Crippen molar-refractivity contribution >= 4 is 34.1 Å². The highest BCUT2D eigenvalue weighted by atomic mass is 16.5. The van der Waals surface area contributed by atoms with E-state index in [9.17, 15) is 9.59 Å². The van der Waals surface area contributed by atoms with Crippen LogP contribution in [0, 0.1) is 5.92 Å². The Hall–Kier alpha value is -4.70. The first-order valence-corrected chi connectivity index (χ1v) is 17.2. The van der Waals surface area contributed by atoms with Gasteiger partial charge in [0.2, 0.25) is 12.3 Å². The van der Waals surface area contributed by atoms with Gasteiger partial charge in [0, 0.05) is 23.0 Å². The maximum Gasteiger partial charge on any atom is 0.246 e. The van der Waals surface area contributed by atoms with E-state index in [0.29, 0.717) is 25.1 Å². The van der Waals surface area contributed by atoms with Gasteiger partial charge in [0.15, 0.2) is 0 Å². The van der Waals surface area contributed by atoms with Gasteiger partial charge in [0.25, 0.3) is 0 Å². The molecule has 8 rings (SSSR count). The number of rotatable bonds is 7. The zero-order valence-electron chi connectivity index (χ0n) is 28.2. The molecule has 10 nitrogen and oxygen atoms in total. The molecule has 0 saturated carbocycles. The van der Waals surface area contributed by atoms with Crippen molar-refractivity contribution < 1.29 is 14.3 Å². The lowest BCUT2D eigenvalue weighted by atomic mass is 9.92. The number of carbonyl (C=O) groups is 2. The van der Waals surface area contributed by atoms with E-state index in [0.717, 1.165) is 86.4 Å². The van der Waals surface area contributed by atoms with Crippen molar-refractivity contribution in [3.8, 4) is 28.1 Å². The number of ether oxygens (including phenoxy) is 1. The molecule has 48 heavy (non-hydrogen) atoms. The molecule has 3 N–H and O–H groups in total. The average Bonchev–Trinajstić information content (AvgIpc) is 3.88. The van der Waals surface area contributed by atoms with Gasteiger partial charge >= 0.3 is 0 Å². The van der Waals surface area contributed by atoms with Crippen LogP contribution in [-0.2, 0) is 16.2 Å². The van der Waals surface area contributed by atoms with Crippen LogP contribution in [0.2, 0.25) is 0 Å². The van der Waals surface area contributed by atoms with Gasteiger partial charge in [0.1, 0.15) is 30.0 Å². The van der Waals surface area contributed by atoms with Crippen LogP contribution in [0.3, 0.4) is 0 Å². The summed E-state index contributed by atoms with van der Waals surface area (Å²) in [6.45, 7) is 8.71. The number of amides is 2. The molecule has 5 heterocycles. The summed E-state index contributed by atoms with van der Waals surface area (Å²) >= 11 is 0. The molecule has 2 saturated heterocycles. The molecule has 5 aromatic rings. The predicted molar refractivity (Wildman–Crippen MR) is 186 cm³/mol. The molecule has 0 aliphatic carbocycles. The van der Waals surface area contributed by atoms with E-state index in [-0.39, 0.29) is 23.9 Å². The number of aromatic nitrogens is 4.